The van der Waals surface area contributed by atoms with Crippen LogP contribution in [0.5, 0.6) is 0 Å². The second kappa shape index (κ2) is 7.42. The minimum atomic E-state index is -0.176. The van der Waals surface area contributed by atoms with Crippen molar-refractivity contribution in [2.75, 3.05) is 19.6 Å². The standard InChI is InChI=1S/C18H22FN3O/c19-17-3-1-2-15(10-17)13-22-8-5-14(6-9-22)11-21-18(23)16-4-7-20-12-16/h1-4,7,10,12,14,20H,5-6,8-9,11,13H2,(H,21,23). The van der Waals surface area contributed by atoms with Gasteiger partial charge in [-0.15, -0.1) is 0 Å². The second-order valence-corrected chi connectivity index (χ2v) is 6.16. The molecule has 0 spiro atoms. The number of likely N-dealkylation sites (tertiary alicyclic amines) is 1. The number of aromatic nitrogens is 1. The van der Waals surface area contributed by atoms with Crippen LogP contribution in [-0.2, 0) is 6.54 Å². The van der Waals surface area contributed by atoms with Crippen molar-refractivity contribution in [1.29, 1.82) is 0 Å². The fraction of sp³-hybridized carbons (Fsp3) is 0.389. The third-order valence-corrected chi connectivity index (χ3v) is 4.41. The van der Waals surface area contributed by atoms with Crippen LogP contribution in [0, 0.1) is 11.7 Å². The first-order valence-corrected chi connectivity index (χ1v) is 8.08. The monoisotopic (exact) mass is 315 g/mol. The van der Waals surface area contributed by atoms with E-state index >= 15 is 0 Å². The zero-order chi connectivity index (χ0) is 16.1. The van der Waals surface area contributed by atoms with E-state index in [1.165, 1.54) is 6.07 Å². The summed E-state index contributed by atoms with van der Waals surface area (Å²) >= 11 is 0. The van der Waals surface area contributed by atoms with E-state index in [-0.39, 0.29) is 11.7 Å². The fourth-order valence-corrected chi connectivity index (χ4v) is 3.05. The molecule has 23 heavy (non-hydrogen) atoms. The Labute approximate surface area is 135 Å². The molecule has 0 radical (unpaired) electrons. The van der Waals surface area contributed by atoms with E-state index in [0.29, 0.717) is 11.5 Å². The third kappa shape index (κ3) is 4.42. The molecular formula is C18H22FN3O. The number of carbonyl (C=O) groups is 1. The van der Waals surface area contributed by atoms with Crippen LogP contribution in [0.25, 0.3) is 0 Å². The number of benzene rings is 1. The van der Waals surface area contributed by atoms with E-state index in [1.54, 1.807) is 30.6 Å². The molecule has 0 unspecified atom stereocenters. The van der Waals surface area contributed by atoms with Gasteiger partial charge in [0.25, 0.3) is 5.91 Å². The summed E-state index contributed by atoms with van der Waals surface area (Å²) in [6, 6.07) is 8.57. The highest BCUT2D eigenvalue weighted by Gasteiger charge is 2.20. The van der Waals surface area contributed by atoms with Gasteiger partial charge >= 0.3 is 0 Å². The second-order valence-electron chi connectivity index (χ2n) is 6.16. The molecule has 122 valence electrons. The van der Waals surface area contributed by atoms with Crippen molar-refractivity contribution in [2.45, 2.75) is 19.4 Å². The number of rotatable bonds is 5. The number of amides is 1. The molecule has 1 aromatic heterocycles. The van der Waals surface area contributed by atoms with Gasteiger partial charge < -0.3 is 10.3 Å². The number of piperidine rings is 1. The summed E-state index contributed by atoms with van der Waals surface area (Å²) in [4.78, 5) is 17.1. The highest BCUT2D eigenvalue weighted by Crippen LogP contribution is 2.19. The Balaban J connectivity index is 1.41. The van der Waals surface area contributed by atoms with Crippen LogP contribution >= 0.6 is 0 Å². The average molecular weight is 315 g/mol. The molecule has 3 rings (SSSR count). The Hall–Kier alpha value is -2.14. The molecule has 5 heteroatoms. The maximum Gasteiger partial charge on any atom is 0.252 e. The summed E-state index contributed by atoms with van der Waals surface area (Å²) in [5, 5.41) is 3.00. The maximum atomic E-state index is 13.2. The molecule has 0 atom stereocenters. The molecule has 2 aromatic rings. The van der Waals surface area contributed by atoms with E-state index in [0.717, 1.165) is 44.6 Å². The molecule has 2 heterocycles. The Kier molecular flexibility index (Phi) is 5.08. The molecule has 1 fully saturated rings. The molecule has 1 aromatic carbocycles. The van der Waals surface area contributed by atoms with Gasteiger partial charge in [-0.05, 0) is 55.6 Å². The Morgan fingerprint density at radius 3 is 2.83 bits per heavy atom. The Morgan fingerprint density at radius 2 is 2.13 bits per heavy atom. The Morgan fingerprint density at radius 1 is 1.30 bits per heavy atom. The van der Waals surface area contributed by atoms with Crippen LogP contribution in [0.1, 0.15) is 28.8 Å². The number of carbonyl (C=O) groups excluding carboxylic acids is 1. The van der Waals surface area contributed by atoms with Crippen LogP contribution in [0.15, 0.2) is 42.7 Å². The third-order valence-electron chi connectivity index (χ3n) is 4.41. The molecule has 1 aliphatic rings. The number of aromatic amines is 1. The van der Waals surface area contributed by atoms with Crippen molar-refractivity contribution < 1.29 is 9.18 Å². The van der Waals surface area contributed by atoms with Crippen molar-refractivity contribution in [3.8, 4) is 0 Å². The number of nitrogens with one attached hydrogen (secondary N) is 2. The van der Waals surface area contributed by atoms with Crippen molar-refractivity contribution in [2.24, 2.45) is 5.92 Å². The van der Waals surface area contributed by atoms with Gasteiger partial charge in [0, 0.05) is 25.5 Å². The smallest absolute Gasteiger partial charge is 0.252 e. The normalized spacial score (nSPS) is 16.4. The van der Waals surface area contributed by atoms with Gasteiger partial charge in [-0.2, -0.15) is 0 Å². The first-order valence-electron chi connectivity index (χ1n) is 8.08. The number of hydrogen-bond acceptors (Lipinski definition) is 2. The predicted molar refractivity (Wildman–Crippen MR) is 87.5 cm³/mol. The van der Waals surface area contributed by atoms with E-state index in [9.17, 15) is 9.18 Å². The molecule has 0 bridgehead atoms. The molecule has 0 saturated carbocycles. The summed E-state index contributed by atoms with van der Waals surface area (Å²) < 4.78 is 13.2. The van der Waals surface area contributed by atoms with Crippen molar-refractivity contribution in [3.05, 3.63) is 59.7 Å². The molecule has 4 nitrogen and oxygen atoms in total. The van der Waals surface area contributed by atoms with Gasteiger partial charge in [0.15, 0.2) is 0 Å². The summed E-state index contributed by atoms with van der Waals surface area (Å²) in [6.45, 7) is 3.49. The van der Waals surface area contributed by atoms with Gasteiger partial charge in [0.05, 0.1) is 5.56 Å². The Bertz CT molecular complexity index is 633. The van der Waals surface area contributed by atoms with Gasteiger partial charge in [-0.1, -0.05) is 12.1 Å². The van der Waals surface area contributed by atoms with E-state index in [1.807, 2.05) is 6.07 Å². The molecule has 0 aliphatic carbocycles. The molecule has 1 amide bonds. The van der Waals surface area contributed by atoms with E-state index < -0.39 is 0 Å². The highest BCUT2D eigenvalue weighted by atomic mass is 19.1. The first kappa shape index (κ1) is 15.7. The van der Waals surface area contributed by atoms with Crippen LogP contribution in [0.2, 0.25) is 0 Å². The SMILES string of the molecule is O=C(NCC1CCN(Cc2cccc(F)c2)CC1)c1cc[nH]c1. The largest absolute Gasteiger partial charge is 0.367 e. The highest BCUT2D eigenvalue weighted by molar-refractivity contribution is 5.93. The zero-order valence-electron chi connectivity index (χ0n) is 13.1. The van der Waals surface area contributed by atoms with Crippen molar-refractivity contribution in [3.63, 3.8) is 0 Å². The predicted octanol–water partition coefficient (Wildman–Crippen LogP) is 2.80. The lowest BCUT2D eigenvalue weighted by atomic mass is 9.96. The minimum absolute atomic E-state index is 0.0200. The summed E-state index contributed by atoms with van der Waals surface area (Å²) in [7, 11) is 0. The topological polar surface area (TPSA) is 48.1 Å². The lowest BCUT2D eigenvalue weighted by Crippen LogP contribution is -2.38. The number of H-pyrrole nitrogens is 1. The van der Waals surface area contributed by atoms with Crippen LogP contribution in [0.3, 0.4) is 0 Å². The quantitative estimate of drug-likeness (QED) is 0.891. The summed E-state index contributed by atoms with van der Waals surface area (Å²) in [6.07, 6.45) is 5.57. The minimum Gasteiger partial charge on any atom is -0.367 e. The average Bonchev–Trinajstić information content (AvgIpc) is 3.08. The van der Waals surface area contributed by atoms with Gasteiger partial charge in [-0.3, -0.25) is 9.69 Å². The fourth-order valence-electron chi connectivity index (χ4n) is 3.05. The van der Waals surface area contributed by atoms with Crippen molar-refractivity contribution >= 4 is 5.91 Å². The van der Waals surface area contributed by atoms with Crippen LogP contribution in [-0.4, -0.2) is 35.4 Å². The van der Waals surface area contributed by atoms with Crippen LogP contribution < -0.4 is 5.32 Å². The molecule has 1 aliphatic heterocycles. The van der Waals surface area contributed by atoms with E-state index in [2.05, 4.69) is 15.2 Å². The lowest BCUT2D eigenvalue weighted by molar-refractivity contribution is 0.0935. The maximum absolute atomic E-state index is 13.2. The molecule has 2 N–H and O–H groups in total. The summed E-state index contributed by atoms with van der Waals surface area (Å²) in [5.74, 6) is 0.319. The number of hydrogen-bond donors (Lipinski definition) is 2. The summed E-state index contributed by atoms with van der Waals surface area (Å²) in [5.41, 5.74) is 1.69. The zero-order valence-corrected chi connectivity index (χ0v) is 13.1. The number of halogens is 1. The molecular weight excluding hydrogens is 293 g/mol. The van der Waals surface area contributed by atoms with Gasteiger partial charge in [0.2, 0.25) is 0 Å². The van der Waals surface area contributed by atoms with Gasteiger partial charge in [-0.25, -0.2) is 4.39 Å². The van der Waals surface area contributed by atoms with Crippen LogP contribution in [0.4, 0.5) is 4.39 Å². The van der Waals surface area contributed by atoms with Crippen molar-refractivity contribution in [1.82, 2.24) is 15.2 Å². The van der Waals surface area contributed by atoms with E-state index in [4.69, 9.17) is 0 Å². The number of nitrogens with zero attached hydrogens (tertiary/aromatic N) is 1. The van der Waals surface area contributed by atoms with Gasteiger partial charge in [0.1, 0.15) is 5.82 Å². The first-order chi connectivity index (χ1) is 11.2. The lowest BCUT2D eigenvalue weighted by Gasteiger charge is -2.32. The molecule has 1 saturated heterocycles.